The number of thiazole rings is 1. The zero-order chi connectivity index (χ0) is 13.2. The number of aryl methyl sites for hydroxylation is 2. The molecule has 0 saturated carbocycles. The summed E-state index contributed by atoms with van der Waals surface area (Å²) < 4.78 is 0. The molecule has 0 bridgehead atoms. The van der Waals surface area contributed by atoms with E-state index in [0.717, 1.165) is 30.0 Å². The topological polar surface area (TPSA) is 30.0 Å². The molecule has 1 aliphatic carbocycles. The summed E-state index contributed by atoms with van der Waals surface area (Å²) in [7, 11) is 0. The minimum Gasteiger partial charge on any atom is -0.299 e. The molecular formula is C16H17NOS. The van der Waals surface area contributed by atoms with Gasteiger partial charge >= 0.3 is 0 Å². The van der Waals surface area contributed by atoms with Crippen LogP contribution in [-0.4, -0.2) is 10.8 Å². The molecule has 1 aliphatic rings. The zero-order valence-corrected chi connectivity index (χ0v) is 11.9. The second-order valence-corrected chi connectivity index (χ2v) is 6.11. The largest absolute Gasteiger partial charge is 0.299 e. The Bertz CT molecular complexity index is 602. The van der Waals surface area contributed by atoms with Crippen LogP contribution in [-0.2, 0) is 17.6 Å². The van der Waals surface area contributed by atoms with Gasteiger partial charge in [-0.3, -0.25) is 4.79 Å². The number of nitrogens with zero attached hydrogens (tertiary/aromatic N) is 1. The second kappa shape index (κ2) is 5.25. The number of benzene rings is 1. The number of hydrogen-bond donors (Lipinski definition) is 0. The van der Waals surface area contributed by atoms with Gasteiger partial charge in [-0.25, -0.2) is 4.98 Å². The van der Waals surface area contributed by atoms with Crippen LogP contribution in [0.5, 0.6) is 0 Å². The van der Waals surface area contributed by atoms with Gasteiger partial charge in [0.25, 0.3) is 0 Å². The van der Waals surface area contributed by atoms with E-state index in [4.69, 9.17) is 0 Å². The van der Waals surface area contributed by atoms with Gasteiger partial charge < -0.3 is 0 Å². The summed E-state index contributed by atoms with van der Waals surface area (Å²) in [4.78, 5) is 16.9. The van der Waals surface area contributed by atoms with Gasteiger partial charge in [-0.1, -0.05) is 24.3 Å². The molecule has 3 rings (SSSR count). The van der Waals surface area contributed by atoms with Crippen LogP contribution in [0.4, 0.5) is 0 Å². The highest BCUT2D eigenvalue weighted by atomic mass is 32.1. The first-order valence-corrected chi connectivity index (χ1v) is 7.63. The van der Waals surface area contributed by atoms with Gasteiger partial charge in [0.05, 0.1) is 6.42 Å². The van der Waals surface area contributed by atoms with E-state index in [1.54, 1.807) is 11.3 Å². The van der Waals surface area contributed by atoms with Crippen molar-refractivity contribution in [2.24, 2.45) is 0 Å². The van der Waals surface area contributed by atoms with Crippen molar-refractivity contribution >= 4 is 17.1 Å². The molecule has 1 aromatic heterocycles. The minimum atomic E-state index is 0.0779. The number of carbonyl (C=O) groups is 1. The standard InChI is InChI=1S/C16H17NOS/c1-11-10-19-16(17-11)9-15(18)14-8-4-6-12-5-2-3-7-13(12)14/h2-3,5,7,10,14H,4,6,8-9H2,1H3. The van der Waals surface area contributed by atoms with E-state index < -0.39 is 0 Å². The van der Waals surface area contributed by atoms with E-state index in [0.29, 0.717) is 12.2 Å². The van der Waals surface area contributed by atoms with Crippen LogP contribution < -0.4 is 0 Å². The molecule has 3 heteroatoms. The predicted molar refractivity (Wildman–Crippen MR) is 77.7 cm³/mol. The van der Waals surface area contributed by atoms with Crippen molar-refractivity contribution in [2.75, 3.05) is 0 Å². The molecule has 2 aromatic rings. The predicted octanol–water partition coefficient (Wildman–Crippen LogP) is 3.68. The average Bonchev–Trinajstić information content (AvgIpc) is 2.83. The SMILES string of the molecule is Cc1csc(CC(=O)C2CCCc3ccccc32)n1. The van der Waals surface area contributed by atoms with E-state index in [9.17, 15) is 4.79 Å². The van der Waals surface area contributed by atoms with Gasteiger partial charge in [0.2, 0.25) is 0 Å². The second-order valence-electron chi connectivity index (χ2n) is 5.17. The molecule has 1 atom stereocenters. The van der Waals surface area contributed by atoms with E-state index >= 15 is 0 Å². The first-order chi connectivity index (χ1) is 9.24. The number of rotatable bonds is 3. The van der Waals surface area contributed by atoms with Crippen molar-refractivity contribution in [3.8, 4) is 0 Å². The third-order valence-electron chi connectivity index (χ3n) is 3.75. The maximum Gasteiger partial charge on any atom is 0.147 e. The molecule has 19 heavy (non-hydrogen) atoms. The van der Waals surface area contributed by atoms with Gasteiger partial charge in [-0.15, -0.1) is 11.3 Å². The summed E-state index contributed by atoms with van der Waals surface area (Å²) in [6, 6.07) is 8.38. The lowest BCUT2D eigenvalue weighted by Gasteiger charge is -2.24. The monoisotopic (exact) mass is 271 g/mol. The number of carbonyl (C=O) groups excluding carboxylic acids is 1. The van der Waals surface area contributed by atoms with Crippen molar-refractivity contribution in [1.82, 2.24) is 4.98 Å². The first-order valence-electron chi connectivity index (χ1n) is 6.75. The van der Waals surface area contributed by atoms with Gasteiger partial charge in [-0.05, 0) is 37.3 Å². The van der Waals surface area contributed by atoms with Crippen LogP contribution in [0.3, 0.4) is 0 Å². The molecular weight excluding hydrogens is 254 g/mol. The van der Waals surface area contributed by atoms with E-state index in [2.05, 4.69) is 23.2 Å². The Balaban J connectivity index is 1.81. The highest BCUT2D eigenvalue weighted by Gasteiger charge is 2.26. The lowest BCUT2D eigenvalue weighted by atomic mass is 9.80. The highest BCUT2D eigenvalue weighted by molar-refractivity contribution is 7.09. The molecule has 0 saturated heterocycles. The average molecular weight is 271 g/mol. The summed E-state index contributed by atoms with van der Waals surface area (Å²) in [5.74, 6) is 0.399. The molecule has 0 aliphatic heterocycles. The van der Waals surface area contributed by atoms with Crippen molar-refractivity contribution in [3.63, 3.8) is 0 Å². The quantitative estimate of drug-likeness (QED) is 0.852. The Hall–Kier alpha value is -1.48. The maximum atomic E-state index is 12.5. The third-order valence-corrected chi connectivity index (χ3v) is 4.72. The Kier molecular flexibility index (Phi) is 3.47. The molecule has 0 amide bonds. The van der Waals surface area contributed by atoms with Crippen LogP contribution in [0.1, 0.15) is 40.6 Å². The van der Waals surface area contributed by atoms with Crippen LogP contribution in [0, 0.1) is 6.92 Å². The zero-order valence-electron chi connectivity index (χ0n) is 11.1. The first kappa shape index (κ1) is 12.5. The van der Waals surface area contributed by atoms with Gasteiger partial charge in [0.15, 0.2) is 0 Å². The fourth-order valence-corrected chi connectivity index (χ4v) is 3.63. The van der Waals surface area contributed by atoms with Crippen molar-refractivity contribution in [2.45, 2.75) is 38.5 Å². The van der Waals surface area contributed by atoms with Crippen LogP contribution in [0.25, 0.3) is 0 Å². The summed E-state index contributed by atoms with van der Waals surface area (Å²) in [6.45, 7) is 1.97. The number of hydrogen-bond acceptors (Lipinski definition) is 3. The normalized spacial score (nSPS) is 18.1. The van der Waals surface area contributed by atoms with E-state index in [1.807, 2.05) is 18.4 Å². The number of ketones is 1. The highest BCUT2D eigenvalue weighted by Crippen LogP contribution is 2.33. The van der Waals surface area contributed by atoms with Crippen molar-refractivity contribution in [1.29, 1.82) is 0 Å². The fourth-order valence-electron chi connectivity index (χ4n) is 2.84. The maximum absolute atomic E-state index is 12.5. The Morgan fingerprint density at radius 1 is 1.42 bits per heavy atom. The van der Waals surface area contributed by atoms with Gasteiger partial charge in [-0.2, -0.15) is 0 Å². The molecule has 1 aromatic carbocycles. The van der Waals surface area contributed by atoms with Crippen LogP contribution in [0.2, 0.25) is 0 Å². The molecule has 0 radical (unpaired) electrons. The van der Waals surface area contributed by atoms with Gasteiger partial charge in [0, 0.05) is 17.0 Å². The molecule has 0 N–H and O–H groups in total. The number of Topliss-reactive ketones (excluding diaryl/α,β-unsaturated/α-hetero) is 1. The van der Waals surface area contributed by atoms with Crippen LogP contribution in [0.15, 0.2) is 29.6 Å². The molecule has 0 spiro atoms. The van der Waals surface area contributed by atoms with Crippen LogP contribution >= 0.6 is 11.3 Å². The fraction of sp³-hybridized carbons (Fsp3) is 0.375. The Morgan fingerprint density at radius 2 is 2.26 bits per heavy atom. The lowest BCUT2D eigenvalue weighted by Crippen LogP contribution is -2.20. The van der Waals surface area contributed by atoms with E-state index in [1.165, 1.54) is 11.1 Å². The summed E-state index contributed by atoms with van der Waals surface area (Å²) in [5, 5.41) is 2.96. The number of fused-ring (bicyclic) bond motifs is 1. The van der Waals surface area contributed by atoms with Gasteiger partial charge in [0.1, 0.15) is 10.8 Å². The molecule has 1 heterocycles. The number of aromatic nitrogens is 1. The van der Waals surface area contributed by atoms with E-state index in [-0.39, 0.29) is 5.92 Å². The third kappa shape index (κ3) is 2.61. The molecule has 0 fully saturated rings. The molecule has 1 unspecified atom stereocenters. The Labute approximate surface area is 117 Å². The molecule has 98 valence electrons. The molecule has 2 nitrogen and oxygen atoms in total. The minimum absolute atomic E-state index is 0.0779. The summed E-state index contributed by atoms with van der Waals surface area (Å²) in [5.41, 5.74) is 3.60. The Morgan fingerprint density at radius 3 is 3.05 bits per heavy atom. The lowest BCUT2D eigenvalue weighted by molar-refractivity contribution is -0.120. The smallest absolute Gasteiger partial charge is 0.147 e. The summed E-state index contributed by atoms with van der Waals surface area (Å²) >= 11 is 1.59. The van der Waals surface area contributed by atoms with Crippen molar-refractivity contribution in [3.05, 3.63) is 51.5 Å². The van der Waals surface area contributed by atoms with Crippen molar-refractivity contribution < 1.29 is 4.79 Å². The summed E-state index contributed by atoms with van der Waals surface area (Å²) in [6.07, 6.45) is 3.69.